The molecule has 0 bridgehead atoms. The van der Waals surface area contributed by atoms with Crippen LogP contribution in [-0.2, 0) is 0 Å². The number of hydrogen-bond donors (Lipinski definition) is 1. The second-order valence-electron chi connectivity index (χ2n) is 2.94. The maximum absolute atomic E-state index is 3.29. The summed E-state index contributed by atoms with van der Waals surface area (Å²) in [5.74, 6) is 6.04. The summed E-state index contributed by atoms with van der Waals surface area (Å²) in [5.41, 5.74) is 1.36. The molecule has 1 nitrogen and oxygen atoms in total. The zero-order chi connectivity index (χ0) is 9.68. The molecule has 0 radical (unpaired) electrons. The summed E-state index contributed by atoms with van der Waals surface area (Å²) < 4.78 is 0. The SMILES string of the molecule is CC#CCC(NC)c1sccc1C. The molecule has 0 amide bonds. The second-order valence-corrected chi connectivity index (χ2v) is 3.89. The molecular weight excluding hydrogens is 178 g/mol. The van der Waals surface area contributed by atoms with Gasteiger partial charge in [-0.05, 0) is 37.9 Å². The van der Waals surface area contributed by atoms with Crippen LogP contribution in [0, 0.1) is 18.8 Å². The van der Waals surface area contributed by atoms with Gasteiger partial charge in [-0.3, -0.25) is 0 Å². The molecule has 0 aliphatic heterocycles. The molecule has 1 atom stereocenters. The largest absolute Gasteiger partial charge is 0.312 e. The van der Waals surface area contributed by atoms with E-state index >= 15 is 0 Å². The summed E-state index contributed by atoms with van der Waals surface area (Å²) in [6.45, 7) is 4.03. The molecule has 1 N–H and O–H groups in total. The van der Waals surface area contributed by atoms with Crippen molar-refractivity contribution in [3.8, 4) is 11.8 Å². The summed E-state index contributed by atoms with van der Waals surface area (Å²) in [6.07, 6.45) is 0.897. The van der Waals surface area contributed by atoms with Crippen LogP contribution in [0.25, 0.3) is 0 Å². The Labute approximate surface area is 84.2 Å². The van der Waals surface area contributed by atoms with Crippen molar-refractivity contribution < 1.29 is 0 Å². The fourth-order valence-corrected chi connectivity index (χ4v) is 2.31. The highest BCUT2D eigenvalue weighted by Gasteiger charge is 2.10. The van der Waals surface area contributed by atoms with E-state index in [9.17, 15) is 0 Å². The predicted octanol–water partition coefficient (Wildman–Crippen LogP) is 2.73. The van der Waals surface area contributed by atoms with Crippen LogP contribution < -0.4 is 5.32 Å². The zero-order valence-electron chi connectivity index (χ0n) is 8.35. The smallest absolute Gasteiger partial charge is 0.0525 e. The number of rotatable bonds is 3. The molecular formula is C11H15NS. The van der Waals surface area contributed by atoms with Crippen LogP contribution in [0.15, 0.2) is 11.4 Å². The van der Waals surface area contributed by atoms with Crippen molar-refractivity contribution in [2.24, 2.45) is 0 Å². The summed E-state index contributed by atoms with van der Waals surface area (Å²) >= 11 is 1.80. The van der Waals surface area contributed by atoms with Gasteiger partial charge in [-0.2, -0.15) is 0 Å². The Kier molecular flexibility index (Phi) is 4.01. The highest BCUT2D eigenvalue weighted by atomic mass is 32.1. The van der Waals surface area contributed by atoms with Crippen molar-refractivity contribution in [2.75, 3.05) is 7.05 Å². The molecule has 0 spiro atoms. The van der Waals surface area contributed by atoms with E-state index in [1.54, 1.807) is 11.3 Å². The van der Waals surface area contributed by atoms with E-state index in [2.05, 4.69) is 35.5 Å². The van der Waals surface area contributed by atoms with Crippen molar-refractivity contribution in [3.63, 3.8) is 0 Å². The van der Waals surface area contributed by atoms with E-state index in [1.807, 2.05) is 14.0 Å². The molecule has 1 heterocycles. The van der Waals surface area contributed by atoms with E-state index in [0.29, 0.717) is 6.04 Å². The van der Waals surface area contributed by atoms with Gasteiger partial charge in [0.25, 0.3) is 0 Å². The molecule has 70 valence electrons. The molecule has 0 fully saturated rings. The minimum Gasteiger partial charge on any atom is -0.312 e. The molecule has 0 aliphatic carbocycles. The molecule has 1 unspecified atom stereocenters. The summed E-state index contributed by atoms with van der Waals surface area (Å²) in [6, 6.07) is 2.55. The number of nitrogens with one attached hydrogen (secondary N) is 1. The zero-order valence-corrected chi connectivity index (χ0v) is 9.16. The minimum atomic E-state index is 0.396. The maximum Gasteiger partial charge on any atom is 0.0525 e. The molecule has 0 saturated carbocycles. The predicted molar refractivity (Wildman–Crippen MR) is 58.9 cm³/mol. The average molecular weight is 193 g/mol. The lowest BCUT2D eigenvalue weighted by Crippen LogP contribution is -2.15. The van der Waals surface area contributed by atoms with Gasteiger partial charge in [0, 0.05) is 11.3 Å². The number of aryl methyl sites for hydroxylation is 1. The third-order valence-electron chi connectivity index (χ3n) is 2.05. The highest BCUT2D eigenvalue weighted by molar-refractivity contribution is 7.10. The Morgan fingerprint density at radius 3 is 2.85 bits per heavy atom. The molecule has 1 rings (SSSR count). The van der Waals surface area contributed by atoms with Gasteiger partial charge in [0.1, 0.15) is 0 Å². The third-order valence-corrected chi connectivity index (χ3v) is 3.18. The van der Waals surface area contributed by atoms with Crippen molar-refractivity contribution in [1.29, 1.82) is 0 Å². The van der Waals surface area contributed by atoms with Crippen LogP contribution in [0.5, 0.6) is 0 Å². The van der Waals surface area contributed by atoms with Crippen molar-refractivity contribution >= 4 is 11.3 Å². The van der Waals surface area contributed by atoms with Crippen LogP contribution in [-0.4, -0.2) is 7.05 Å². The monoisotopic (exact) mass is 193 g/mol. The van der Waals surface area contributed by atoms with Gasteiger partial charge >= 0.3 is 0 Å². The minimum absolute atomic E-state index is 0.396. The normalized spacial score (nSPS) is 11.9. The van der Waals surface area contributed by atoms with E-state index in [4.69, 9.17) is 0 Å². The van der Waals surface area contributed by atoms with Gasteiger partial charge < -0.3 is 5.32 Å². The first-order chi connectivity index (χ1) is 6.29. The van der Waals surface area contributed by atoms with Crippen molar-refractivity contribution in [1.82, 2.24) is 5.32 Å². The number of hydrogen-bond acceptors (Lipinski definition) is 2. The fourth-order valence-electron chi connectivity index (χ4n) is 1.27. The molecule has 13 heavy (non-hydrogen) atoms. The van der Waals surface area contributed by atoms with Gasteiger partial charge in [0.05, 0.1) is 6.04 Å². The van der Waals surface area contributed by atoms with Gasteiger partial charge in [0.2, 0.25) is 0 Å². The summed E-state index contributed by atoms with van der Waals surface area (Å²) in [4.78, 5) is 1.41. The van der Waals surface area contributed by atoms with E-state index in [1.165, 1.54) is 10.4 Å². The Bertz CT molecular complexity index is 316. The molecule has 1 aromatic heterocycles. The van der Waals surface area contributed by atoms with Crippen molar-refractivity contribution in [2.45, 2.75) is 26.3 Å². The Morgan fingerprint density at radius 2 is 2.38 bits per heavy atom. The van der Waals surface area contributed by atoms with E-state index < -0.39 is 0 Å². The Balaban J connectivity index is 2.76. The Hall–Kier alpha value is -0.780. The van der Waals surface area contributed by atoms with Crippen LogP contribution in [0.4, 0.5) is 0 Å². The summed E-state index contributed by atoms with van der Waals surface area (Å²) in [7, 11) is 1.99. The molecule has 0 aliphatic rings. The van der Waals surface area contributed by atoms with Crippen LogP contribution in [0.3, 0.4) is 0 Å². The molecule has 0 saturated heterocycles. The fraction of sp³-hybridized carbons (Fsp3) is 0.455. The highest BCUT2D eigenvalue weighted by Crippen LogP contribution is 2.25. The van der Waals surface area contributed by atoms with E-state index in [-0.39, 0.29) is 0 Å². The quantitative estimate of drug-likeness (QED) is 0.728. The van der Waals surface area contributed by atoms with Gasteiger partial charge in [-0.25, -0.2) is 0 Å². The lowest BCUT2D eigenvalue weighted by molar-refractivity contribution is 0.619. The topological polar surface area (TPSA) is 12.0 Å². The second kappa shape index (κ2) is 5.06. The first kappa shape index (κ1) is 10.3. The summed E-state index contributed by atoms with van der Waals surface area (Å²) in [5, 5.41) is 5.42. The number of thiophene rings is 1. The third kappa shape index (κ3) is 2.58. The van der Waals surface area contributed by atoms with Crippen molar-refractivity contribution in [3.05, 3.63) is 21.9 Å². The molecule has 0 aromatic carbocycles. The van der Waals surface area contributed by atoms with Crippen LogP contribution in [0.2, 0.25) is 0 Å². The van der Waals surface area contributed by atoms with Crippen LogP contribution in [0.1, 0.15) is 29.8 Å². The standard InChI is InChI=1S/C11H15NS/c1-4-5-6-10(12-3)11-9(2)7-8-13-11/h7-8,10,12H,6H2,1-3H3. The first-order valence-corrected chi connectivity index (χ1v) is 5.28. The first-order valence-electron chi connectivity index (χ1n) is 4.40. The lowest BCUT2D eigenvalue weighted by Gasteiger charge is -2.12. The average Bonchev–Trinajstić information content (AvgIpc) is 2.54. The Morgan fingerprint density at radius 1 is 1.62 bits per heavy atom. The molecule has 1 aromatic rings. The maximum atomic E-state index is 3.29. The van der Waals surface area contributed by atoms with Gasteiger partial charge in [0.15, 0.2) is 0 Å². The van der Waals surface area contributed by atoms with Crippen LogP contribution >= 0.6 is 11.3 Å². The van der Waals surface area contributed by atoms with E-state index in [0.717, 1.165) is 6.42 Å². The molecule has 2 heteroatoms. The lowest BCUT2D eigenvalue weighted by atomic mass is 10.1. The van der Waals surface area contributed by atoms with Gasteiger partial charge in [-0.1, -0.05) is 0 Å². The van der Waals surface area contributed by atoms with Gasteiger partial charge in [-0.15, -0.1) is 23.2 Å².